The van der Waals surface area contributed by atoms with Gasteiger partial charge in [0.15, 0.2) is 23.4 Å². The van der Waals surface area contributed by atoms with Crippen LogP contribution in [0.3, 0.4) is 0 Å². The molecule has 0 radical (unpaired) electrons. The number of aryl methyl sites for hydroxylation is 1. The summed E-state index contributed by atoms with van der Waals surface area (Å²) in [5, 5.41) is 5.17. The minimum absolute atomic E-state index is 0.178. The molecule has 3 aromatic carbocycles. The highest BCUT2D eigenvalue weighted by molar-refractivity contribution is 5.84. The molecule has 242 valence electrons. The highest BCUT2D eigenvalue weighted by atomic mass is 16.6. The molecule has 9 heteroatoms. The average Bonchev–Trinajstić information content (AvgIpc) is 3.02. The molecule has 4 aromatic rings. The van der Waals surface area contributed by atoms with Crippen LogP contribution in [-0.4, -0.2) is 47.8 Å². The molecule has 0 N–H and O–H groups in total. The number of allylic oxidation sites excluding steroid dienone is 1. The Labute approximate surface area is 270 Å². The largest absolute Gasteiger partial charge is 0.494 e. The van der Waals surface area contributed by atoms with E-state index in [1.165, 1.54) is 4.68 Å². The van der Waals surface area contributed by atoms with E-state index in [2.05, 4.69) is 20.4 Å². The molecule has 1 aromatic heterocycles. The van der Waals surface area contributed by atoms with Crippen molar-refractivity contribution in [1.29, 1.82) is 0 Å². The van der Waals surface area contributed by atoms with Gasteiger partial charge in [0.2, 0.25) is 0 Å². The molecule has 0 bridgehead atoms. The number of benzene rings is 3. The number of hydrogen-bond donors (Lipinski definition) is 0. The van der Waals surface area contributed by atoms with Crippen LogP contribution in [0, 0.1) is 6.92 Å². The third-order valence-corrected chi connectivity index (χ3v) is 7.33. The molecule has 0 saturated heterocycles. The van der Waals surface area contributed by atoms with Crippen LogP contribution in [0.25, 0.3) is 22.3 Å². The fraction of sp³-hybridized carbons (Fsp3) is 0.351. The number of para-hydroxylation sites is 1. The molecule has 1 heterocycles. The van der Waals surface area contributed by atoms with Crippen LogP contribution in [0.1, 0.15) is 69.7 Å². The quantitative estimate of drug-likeness (QED) is 0.0828. The Hall–Kier alpha value is -4.92. The van der Waals surface area contributed by atoms with Gasteiger partial charge in [0.1, 0.15) is 5.75 Å². The summed E-state index contributed by atoms with van der Waals surface area (Å²) < 4.78 is 24.4. The fourth-order valence-electron chi connectivity index (χ4n) is 5.15. The van der Waals surface area contributed by atoms with Gasteiger partial charge in [-0.1, -0.05) is 32.1 Å². The second-order valence-corrected chi connectivity index (χ2v) is 11.1. The van der Waals surface area contributed by atoms with Gasteiger partial charge in [-0.3, -0.25) is 4.79 Å². The molecule has 4 rings (SSSR count). The van der Waals surface area contributed by atoms with Crippen molar-refractivity contribution in [3.63, 3.8) is 0 Å². The lowest BCUT2D eigenvalue weighted by Gasteiger charge is -2.20. The number of nitrogens with zero attached hydrogens (tertiary/aromatic N) is 3. The summed E-state index contributed by atoms with van der Waals surface area (Å²) >= 11 is 0. The average molecular weight is 626 g/mol. The molecule has 0 amide bonds. The summed E-state index contributed by atoms with van der Waals surface area (Å²) in [5.74, 6) is 1.80. The van der Waals surface area contributed by atoms with E-state index in [1.54, 1.807) is 38.3 Å². The van der Waals surface area contributed by atoms with Crippen LogP contribution in [-0.2, 0) is 16.0 Å². The van der Waals surface area contributed by atoms with Crippen LogP contribution in [0.5, 0.6) is 17.2 Å². The van der Waals surface area contributed by atoms with Crippen LogP contribution in [0.4, 0.5) is 0 Å². The molecule has 0 spiro atoms. The number of rotatable bonds is 14. The standard InChI is InChI=1S/C37H43N3O6/c1-9-15-27-19-26(20-33(44-11-3)34(27)46-25(8)37(42)45-12-4)22-38-40-35(39-31-17-14-13-16-28(31)36(40)41)30-21-29(23(5)6)32(43-10-2)18-24(30)7/h9,13-14,16-23,25H,1,10-12,15H2,2-8H3/t25-/m0/s1. The third kappa shape index (κ3) is 7.47. The number of carbonyl (C=O) groups is 1. The molecule has 0 aliphatic heterocycles. The normalized spacial score (nSPS) is 12.0. The first-order valence-electron chi connectivity index (χ1n) is 15.7. The molecular weight excluding hydrogens is 582 g/mol. The van der Waals surface area contributed by atoms with Crippen molar-refractivity contribution < 1.29 is 23.7 Å². The van der Waals surface area contributed by atoms with Crippen molar-refractivity contribution in [3.05, 3.63) is 93.8 Å². The maximum atomic E-state index is 14.0. The zero-order valence-electron chi connectivity index (χ0n) is 27.8. The van der Waals surface area contributed by atoms with E-state index in [9.17, 15) is 9.59 Å². The highest BCUT2D eigenvalue weighted by Gasteiger charge is 2.22. The minimum Gasteiger partial charge on any atom is -0.494 e. The van der Waals surface area contributed by atoms with Crippen molar-refractivity contribution in [2.24, 2.45) is 5.10 Å². The van der Waals surface area contributed by atoms with Crippen molar-refractivity contribution in [1.82, 2.24) is 9.66 Å². The SMILES string of the molecule is C=CCc1cc(C=Nn2c(-c3cc(C(C)C)c(OCC)cc3C)nc3ccccc3c2=O)cc(OCC)c1O[C@@H](C)C(=O)OCC. The molecule has 0 aliphatic rings. The van der Waals surface area contributed by atoms with E-state index in [1.807, 2.05) is 57.2 Å². The first kappa shape index (κ1) is 34.0. The maximum Gasteiger partial charge on any atom is 0.347 e. The summed E-state index contributed by atoms with van der Waals surface area (Å²) in [4.78, 5) is 31.2. The van der Waals surface area contributed by atoms with Crippen LogP contribution in [0.2, 0.25) is 0 Å². The smallest absolute Gasteiger partial charge is 0.347 e. The Morgan fingerprint density at radius 2 is 1.72 bits per heavy atom. The fourth-order valence-corrected chi connectivity index (χ4v) is 5.15. The van der Waals surface area contributed by atoms with Gasteiger partial charge in [0, 0.05) is 11.1 Å². The van der Waals surface area contributed by atoms with Gasteiger partial charge in [0.05, 0.1) is 36.9 Å². The molecule has 0 unspecified atom stereocenters. The Morgan fingerprint density at radius 1 is 1.00 bits per heavy atom. The molecule has 9 nitrogen and oxygen atoms in total. The number of carbonyl (C=O) groups excluding carboxylic acids is 1. The molecule has 0 saturated carbocycles. The van der Waals surface area contributed by atoms with Gasteiger partial charge in [-0.2, -0.15) is 9.78 Å². The Bertz CT molecular complexity index is 1810. The topological polar surface area (TPSA) is 101 Å². The van der Waals surface area contributed by atoms with Gasteiger partial charge >= 0.3 is 5.97 Å². The lowest BCUT2D eigenvalue weighted by molar-refractivity contribution is -0.150. The molecule has 46 heavy (non-hydrogen) atoms. The summed E-state index contributed by atoms with van der Waals surface area (Å²) in [7, 11) is 0. The maximum absolute atomic E-state index is 14.0. The van der Waals surface area contributed by atoms with Crippen molar-refractivity contribution in [2.75, 3.05) is 19.8 Å². The number of aromatic nitrogens is 2. The molecule has 1 atom stereocenters. The Kier molecular flexibility index (Phi) is 11.4. The molecule has 0 fully saturated rings. The van der Waals surface area contributed by atoms with Gasteiger partial charge in [-0.05, 0) is 100 Å². The van der Waals surface area contributed by atoms with E-state index in [-0.39, 0.29) is 18.1 Å². The predicted octanol–water partition coefficient (Wildman–Crippen LogP) is 7.23. The van der Waals surface area contributed by atoms with E-state index < -0.39 is 12.1 Å². The van der Waals surface area contributed by atoms with Gasteiger partial charge in [-0.15, -0.1) is 6.58 Å². The zero-order valence-corrected chi connectivity index (χ0v) is 27.8. The number of fused-ring (bicyclic) bond motifs is 1. The predicted molar refractivity (Wildman–Crippen MR) is 183 cm³/mol. The van der Waals surface area contributed by atoms with E-state index >= 15 is 0 Å². The lowest BCUT2D eigenvalue weighted by atomic mass is 9.96. The van der Waals surface area contributed by atoms with Gasteiger partial charge in [0.25, 0.3) is 5.56 Å². The minimum atomic E-state index is -0.847. The van der Waals surface area contributed by atoms with Crippen molar-refractivity contribution in [2.45, 2.75) is 66.9 Å². The van der Waals surface area contributed by atoms with Crippen LogP contribution < -0.4 is 19.8 Å². The summed E-state index contributed by atoms with van der Waals surface area (Å²) in [6, 6.07) is 14.9. The third-order valence-electron chi connectivity index (χ3n) is 7.33. The number of esters is 1. The highest BCUT2D eigenvalue weighted by Crippen LogP contribution is 2.36. The van der Waals surface area contributed by atoms with E-state index in [0.717, 1.165) is 28.0 Å². The summed E-state index contributed by atoms with van der Waals surface area (Å²) in [6.45, 7) is 18.4. The summed E-state index contributed by atoms with van der Waals surface area (Å²) in [5.41, 5.74) is 4.39. The second kappa shape index (κ2) is 15.4. The number of hydrogen-bond acceptors (Lipinski definition) is 8. The second-order valence-electron chi connectivity index (χ2n) is 11.1. The monoisotopic (exact) mass is 625 g/mol. The molecule has 0 aliphatic carbocycles. The van der Waals surface area contributed by atoms with Crippen molar-refractivity contribution >= 4 is 23.1 Å². The van der Waals surface area contributed by atoms with Gasteiger partial charge in [-0.25, -0.2) is 9.78 Å². The first-order chi connectivity index (χ1) is 22.1. The van der Waals surface area contributed by atoms with Gasteiger partial charge < -0.3 is 18.9 Å². The first-order valence-corrected chi connectivity index (χ1v) is 15.7. The van der Waals surface area contributed by atoms with Crippen LogP contribution in [0.15, 0.2) is 71.1 Å². The van der Waals surface area contributed by atoms with Crippen molar-refractivity contribution in [3.8, 4) is 28.6 Å². The van der Waals surface area contributed by atoms with E-state index in [0.29, 0.717) is 53.4 Å². The number of ether oxygens (including phenoxy) is 4. The zero-order chi connectivity index (χ0) is 33.4. The molecular formula is C37H43N3O6. The van der Waals surface area contributed by atoms with E-state index in [4.69, 9.17) is 29.0 Å². The summed E-state index contributed by atoms with van der Waals surface area (Å²) in [6.07, 6.45) is 2.94. The Morgan fingerprint density at radius 3 is 2.39 bits per heavy atom. The van der Waals surface area contributed by atoms with Crippen LogP contribution >= 0.6 is 0 Å². The lowest BCUT2D eigenvalue weighted by Crippen LogP contribution is -2.26. The Balaban J connectivity index is 1.90.